The smallest absolute Gasteiger partial charge is 0.206 e. The minimum Gasteiger partial charge on any atom is -0.340 e. The van der Waals surface area contributed by atoms with Gasteiger partial charge in [0.25, 0.3) is 0 Å². The van der Waals surface area contributed by atoms with Crippen LogP contribution in [0, 0.1) is 0 Å². The third kappa shape index (κ3) is 3.85. The van der Waals surface area contributed by atoms with Crippen LogP contribution in [-0.4, -0.2) is 13.0 Å². The molecule has 0 bridgehead atoms. The lowest BCUT2D eigenvalue weighted by molar-refractivity contribution is 0.596. The van der Waals surface area contributed by atoms with Crippen LogP contribution in [0.5, 0.6) is 0 Å². The molecule has 4 rings (SSSR count). The molecule has 0 N–H and O–H groups in total. The molecule has 0 aliphatic carbocycles. The third-order valence-electron chi connectivity index (χ3n) is 5.29. The summed E-state index contributed by atoms with van der Waals surface area (Å²) in [6.45, 7) is 3.12. The van der Waals surface area contributed by atoms with Crippen molar-refractivity contribution in [1.29, 1.82) is 0 Å². The molecule has 0 fully saturated rings. The zero-order valence-corrected chi connectivity index (χ0v) is 17.4. The summed E-state index contributed by atoms with van der Waals surface area (Å²) in [7, 11) is -3.53. The highest BCUT2D eigenvalue weighted by Crippen LogP contribution is 2.31. The van der Waals surface area contributed by atoms with Crippen LogP contribution < -0.4 is 0 Å². The average molecular weight is 404 g/mol. The summed E-state index contributed by atoms with van der Waals surface area (Å²) in [5.74, 6) is 0. The summed E-state index contributed by atoms with van der Waals surface area (Å²) in [4.78, 5) is 0.659. The van der Waals surface area contributed by atoms with Gasteiger partial charge in [0.1, 0.15) is 0 Å². The van der Waals surface area contributed by atoms with Crippen LogP contribution >= 0.6 is 0 Å². The van der Waals surface area contributed by atoms with Gasteiger partial charge < -0.3 is 4.57 Å². The molecule has 0 amide bonds. The molecule has 0 saturated heterocycles. The molecule has 148 valence electrons. The number of aryl methyl sites for hydroxylation is 1. The zero-order valence-electron chi connectivity index (χ0n) is 16.6. The summed E-state index contributed by atoms with van der Waals surface area (Å²) in [5.41, 5.74) is 3.35. The van der Waals surface area contributed by atoms with Crippen molar-refractivity contribution in [3.05, 3.63) is 84.9 Å². The highest BCUT2D eigenvalue weighted by molar-refractivity contribution is 7.91. The van der Waals surface area contributed by atoms with Crippen LogP contribution in [0.25, 0.3) is 22.2 Å². The average Bonchev–Trinajstić information content (AvgIpc) is 3.13. The van der Waals surface area contributed by atoms with E-state index in [0.29, 0.717) is 9.79 Å². The molecule has 0 unspecified atom stereocenters. The standard InChI is InChI=1S/C25H25NO2S/c1-2-3-10-17-26-24-16-15-23(29(27,28)22-13-8-5-9-14-22)18-21(24)19-25(26)20-11-6-4-7-12-20/h4-9,11-16,18-19H,2-3,10,17H2,1H3. The quantitative estimate of drug-likeness (QED) is 0.338. The Hall–Kier alpha value is -2.85. The number of hydrogen-bond acceptors (Lipinski definition) is 2. The molecule has 0 atom stereocenters. The second-order valence-corrected chi connectivity index (χ2v) is 9.24. The first-order chi connectivity index (χ1) is 14.1. The molecule has 0 saturated carbocycles. The van der Waals surface area contributed by atoms with E-state index in [9.17, 15) is 8.42 Å². The molecule has 3 aromatic carbocycles. The molecule has 1 heterocycles. The highest BCUT2D eigenvalue weighted by Gasteiger charge is 2.19. The Kier molecular flexibility index (Phi) is 5.54. The monoisotopic (exact) mass is 403 g/mol. The fraction of sp³-hybridized carbons (Fsp3) is 0.200. The molecule has 29 heavy (non-hydrogen) atoms. The molecule has 0 aliphatic heterocycles. The number of fused-ring (bicyclic) bond motifs is 1. The summed E-state index contributed by atoms with van der Waals surface area (Å²) in [5, 5.41) is 0.956. The minimum atomic E-state index is -3.53. The Bertz CT molecular complexity index is 1210. The summed E-state index contributed by atoms with van der Waals surface area (Å²) >= 11 is 0. The topological polar surface area (TPSA) is 39.1 Å². The largest absolute Gasteiger partial charge is 0.340 e. The number of rotatable bonds is 7. The van der Waals surface area contributed by atoms with E-state index in [0.717, 1.165) is 35.1 Å². The number of nitrogens with zero attached hydrogens (tertiary/aromatic N) is 1. The van der Waals surface area contributed by atoms with E-state index in [1.807, 2.05) is 30.3 Å². The maximum absolute atomic E-state index is 13.0. The SMILES string of the molecule is CCCCCn1c(-c2ccccc2)cc2cc(S(=O)(=O)c3ccccc3)ccc21. The number of sulfone groups is 1. The van der Waals surface area contributed by atoms with Crippen molar-refractivity contribution < 1.29 is 8.42 Å². The molecular weight excluding hydrogens is 378 g/mol. The summed E-state index contributed by atoms with van der Waals surface area (Å²) < 4.78 is 28.4. The van der Waals surface area contributed by atoms with E-state index in [1.54, 1.807) is 36.4 Å². The van der Waals surface area contributed by atoms with E-state index in [-0.39, 0.29) is 0 Å². The Labute approximate surface area is 172 Å². The zero-order chi connectivity index (χ0) is 20.3. The predicted molar refractivity (Wildman–Crippen MR) is 119 cm³/mol. The molecule has 3 nitrogen and oxygen atoms in total. The van der Waals surface area contributed by atoms with Crippen molar-refractivity contribution in [2.45, 2.75) is 42.5 Å². The van der Waals surface area contributed by atoms with Crippen molar-refractivity contribution >= 4 is 20.7 Å². The van der Waals surface area contributed by atoms with E-state index in [2.05, 4.69) is 29.7 Å². The van der Waals surface area contributed by atoms with Gasteiger partial charge in [0, 0.05) is 23.1 Å². The maximum Gasteiger partial charge on any atom is 0.206 e. The van der Waals surface area contributed by atoms with Crippen LogP contribution in [0.15, 0.2) is 94.7 Å². The van der Waals surface area contributed by atoms with Crippen molar-refractivity contribution in [1.82, 2.24) is 4.57 Å². The van der Waals surface area contributed by atoms with E-state index >= 15 is 0 Å². The van der Waals surface area contributed by atoms with Gasteiger partial charge in [-0.25, -0.2) is 8.42 Å². The number of hydrogen-bond donors (Lipinski definition) is 0. The molecule has 0 aliphatic rings. The van der Waals surface area contributed by atoms with E-state index in [4.69, 9.17) is 0 Å². The first kappa shape index (κ1) is 19.5. The van der Waals surface area contributed by atoms with Gasteiger partial charge in [0.2, 0.25) is 9.84 Å². The molecule has 0 spiro atoms. The van der Waals surface area contributed by atoms with Crippen LogP contribution in [0.4, 0.5) is 0 Å². The molecule has 4 heteroatoms. The van der Waals surface area contributed by atoms with Gasteiger partial charge in [-0.2, -0.15) is 0 Å². The molecule has 4 aromatic rings. The van der Waals surface area contributed by atoms with E-state index in [1.165, 1.54) is 12.8 Å². The Morgan fingerprint density at radius 3 is 2.14 bits per heavy atom. The van der Waals surface area contributed by atoms with Gasteiger partial charge in [-0.3, -0.25) is 0 Å². The van der Waals surface area contributed by atoms with Gasteiger partial charge in [-0.05, 0) is 48.4 Å². The van der Waals surface area contributed by atoms with Gasteiger partial charge in [-0.15, -0.1) is 0 Å². The molecule has 1 aromatic heterocycles. The van der Waals surface area contributed by atoms with Crippen LogP contribution in [0.2, 0.25) is 0 Å². The van der Waals surface area contributed by atoms with Crippen molar-refractivity contribution in [3.8, 4) is 11.3 Å². The molecular formula is C25H25NO2S. The lowest BCUT2D eigenvalue weighted by Crippen LogP contribution is -2.02. The first-order valence-electron chi connectivity index (χ1n) is 10.1. The normalized spacial score (nSPS) is 11.8. The van der Waals surface area contributed by atoms with Gasteiger partial charge in [0.05, 0.1) is 9.79 Å². The lowest BCUT2D eigenvalue weighted by Gasteiger charge is -2.11. The Morgan fingerprint density at radius 1 is 0.759 bits per heavy atom. The van der Waals surface area contributed by atoms with Crippen molar-refractivity contribution in [3.63, 3.8) is 0 Å². The fourth-order valence-corrected chi connectivity index (χ4v) is 5.08. The summed E-state index contributed by atoms with van der Waals surface area (Å²) in [6, 6.07) is 26.5. The van der Waals surface area contributed by atoms with Gasteiger partial charge in [-0.1, -0.05) is 68.3 Å². The van der Waals surface area contributed by atoms with E-state index < -0.39 is 9.84 Å². The minimum absolute atomic E-state index is 0.324. The molecule has 0 radical (unpaired) electrons. The van der Waals surface area contributed by atoms with Gasteiger partial charge in [0.15, 0.2) is 0 Å². The van der Waals surface area contributed by atoms with Crippen molar-refractivity contribution in [2.24, 2.45) is 0 Å². The summed E-state index contributed by atoms with van der Waals surface area (Å²) in [6.07, 6.45) is 3.44. The second-order valence-electron chi connectivity index (χ2n) is 7.29. The number of unbranched alkanes of at least 4 members (excludes halogenated alkanes) is 2. The Morgan fingerprint density at radius 2 is 1.45 bits per heavy atom. The second kappa shape index (κ2) is 8.26. The highest BCUT2D eigenvalue weighted by atomic mass is 32.2. The van der Waals surface area contributed by atoms with Crippen LogP contribution in [-0.2, 0) is 16.4 Å². The fourth-order valence-electron chi connectivity index (χ4n) is 3.76. The van der Waals surface area contributed by atoms with Crippen LogP contribution in [0.1, 0.15) is 26.2 Å². The predicted octanol–water partition coefficient (Wildman–Crippen LogP) is 6.33. The lowest BCUT2D eigenvalue weighted by atomic mass is 10.1. The number of benzene rings is 3. The van der Waals surface area contributed by atoms with Crippen molar-refractivity contribution in [2.75, 3.05) is 0 Å². The third-order valence-corrected chi connectivity index (χ3v) is 7.06. The Balaban J connectivity index is 1.83. The van der Waals surface area contributed by atoms with Crippen LogP contribution in [0.3, 0.4) is 0 Å². The first-order valence-corrected chi connectivity index (χ1v) is 11.6. The maximum atomic E-state index is 13.0. The van der Waals surface area contributed by atoms with Gasteiger partial charge >= 0.3 is 0 Å². The number of aromatic nitrogens is 1.